The molecule has 0 saturated heterocycles. The van der Waals surface area contributed by atoms with Gasteiger partial charge < -0.3 is 15.4 Å². The average molecular weight is 539 g/mol. The Balaban J connectivity index is 1.41. The molecule has 5 rings (SSSR count). The molecule has 2 aromatic rings. The van der Waals surface area contributed by atoms with Crippen LogP contribution < -0.4 is 15.4 Å². The van der Waals surface area contributed by atoms with Crippen LogP contribution >= 0.6 is 23.2 Å². The predicted octanol–water partition coefficient (Wildman–Crippen LogP) is 6.33. The van der Waals surface area contributed by atoms with Crippen LogP contribution in [0.15, 0.2) is 52.9 Å². The number of hydrogen-bond acceptors (Lipinski definition) is 5. The van der Waals surface area contributed by atoms with Crippen molar-refractivity contribution in [3.8, 4) is 5.75 Å². The normalized spacial score (nSPS) is 17.8. The maximum Gasteiger partial charge on any atom is 0.262 e. The molecule has 2 aliphatic carbocycles. The van der Waals surface area contributed by atoms with Crippen LogP contribution in [0.1, 0.15) is 61.1 Å². The number of nitrogens with one attached hydrogen (secondary N) is 2. The zero-order valence-corrected chi connectivity index (χ0v) is 22.3. The summed E-state index contributed by atoms with van der Waals surface area (Å²) in [7, 11) is 0. The van der Waals surface area contributed by atoms with Crippen molar-refractivity contribution in [2.45, 2.75) is 58.3 Å². The Labute approximate surface area is 226 Å². The van der Waals surface area contributed by atoms with E-state index in [0.717, 1.165) is 48.2 Å². The second-order valence-electron chi connectivity index (χ2n) is 9.86. The molecule has 0 atom stereocenters. The van der Waals surface area contributed by atoms with Gasteiger partial charge in [-0.1, -0.05) is 40.9 Å². The zero-order chi connectivity index (χ0) is 26.3. The zero-order valence-electron chi connectivity index (χ0n) is 20.8. The van der Waals surface area contributed by atoms with E-state index in [4.69, 9.17) is 27.9 Å². The summed E-state index contributed by atoms with van der Waals surface area (Å²) >= 11 is 13.2. The smallest absolute Gasteiger partial charge is 0.262 e. The van der Waals surface area contributed by atoms with Crippen molar-refractivity contribution in [1.29, 1.82) is 0 Å². The number of anilines is 1. The summed E-state index contributed by atoms with van der Waals surface area (Å²) in [6.45, 7) is 3.63. The maximum atomic E-state index is 13.0. The van der Waals surface area contributed by atoms with Gasteiger partial charge in [0, 0.05) is 47.0 Å². The molecule has 6 nitrogen and oxygen atoms in total. The van der Waals surface area contributed by atoms with Gasteiger partial charge in [-0.3, -0.25) is 14.4 Å². The summed E-state index contributed by atoms with van der Waals surface area (Å²) in [6, 6.07) is 9.15. The van der Waals surface area contributed by atoms with Crippen LogP contribution in [0, 0.1) is 13.8 Å². The van der Waals surface area contributed by atoms with Crippen molar-refractivity contribution in [1.82, 2.24) is 5.32 Å². The number of carbonyl (C=O) groups excluding carboxylic acids is 3. The molecule has 0 radical (unpaired) electrons. The first kappa shape index (κ1) is 25.6. The number of aryl methyl sites for hydroxylation is 2. The second-order valence-corrected chi connectivity index (χ2v) is 10.7. The molecule has 0 aromatic heterocycles. The van der Waals surface area contributed by atoms with Gasteiger partial charge in [-0.25, -0.2) is 0 Å². The largest absolute Gasteiger partial charge is 0.481 e. The fourth-order valence-electron chi connectivity index (χ4n) is 5.48. The molecule has 0 bridgehead atoms. The van der Waals surface area contributed by atoms with Crippen molar-refractivity contribution in [3.05, 3.63) is 79.6 Å². The molecule has 0 saturated carbocycles. The average Bonchev–Trinajstić information content (AvgIpc) is 2.84. The van der Waals surface area contributed by atoms with Crippen LogP contribution in [-0.4, -0.2) is 24.1 Å². The van der Waals surface area contributed by atoms with Gasteiger partial charge in [-0.15, -0.1) is 0 Å². The minimum atomic E-state index is -0.510. The van der Waals surface area contributed by atoms with Crippen molar-refractivity contribution in [2.24, 2.45) is 0 Å². The van der Waals surface area contributed by atoms with E-state index in [-0.39, 0.29) is 39.9 Å². The SMILES string of the molecule is Cc1ccc(NC(=O)COc2c(Cl)cc(C3C4=C(CCCC4=O)NC4=C3C(=O)CCC4)cc2Cl)c(C)c1. The van der Waals surface area contributed by atoms with Crippen LogP contribution in [0.3, 0.4) is 0 Å². The van der Waals surface area contributed by atoms with E-state index in [2.05, 4.69) is 10.6 Å². The fraction of sp³-hybridized carbons (Fsp3) is 0.345. The van der Waals surface area contributed by atoms with Crippen LogP contribution in [0.5, 0.6) is 5.75 Å². The lowest BCUT2D eigenvalue weighted by atomic mass is 9.71. The van der Waals surface area contributed by atoms with Gasteiger partial charge in [0.1, 0.15) is 0 Å². The number of benzene rings is 2. The Hall–Kier alpha value is -3.09. The topological polar surface area (TPSA) is 84.5 Å². The van der Waals surface area contributed by atoms with E-state index in [1.54, 1.807) is 12.1 Å². The lowest BCUT2D eigenvalue weighted by Crippen LogP contribution is -2.36. The monoisotopic (exact) mass is 538 g/mol. The Morgan fingerprint density at radius 2 is 1.54 bits per heavy atom. The predicted molar refractivity (Wildman–Crippen MR) is 144 cm³/mol. The van der Waals surface area contributed by atoms with Crippen molar-refractivity contribution < 1.29 is 19.1 Å². The van der Waals surface area contributed by atoms with Gasteiger partial charge in [0.25, 0.3) is 5.91 Å². The van der Waals surface area contributed by atoms with E-state index in [1.807, 2.05) is 32.0 Å². The number of amides is 1. The van der Waals surface area contributed by atoms with Gasteiger partial charge in [-0.05, 0) is 68.9 Å². The number of ether oxygens (including phenoxy) is 1. The van der Waals surface area contributed by atoms with Crippen LogP contribution in [0.25, 0.3) is 0 Å². The summed E-state index contributed by atoms with van der Waals surface area (Å²) in [6.07, 6.45) is 4.00. The minimum absolute atomic E-state index is 0.0410. The van der Waals surface area contributed by atoms with Crippen LogP contribution in [0.4, 0.5) is 5.69 Å². The first-order valence-corrected chi connectivity index (χ1v) is 13.3. The molecule has 1 amide bonds. The third-order valence-corrected chi connectivity index (χ3v) is 7.71. The van der Waals surface area contributed by atoms with E-state index in [9.17, 15) is 14.4 Å². The number of rotatable bonds is 5. The second kappa shape index (κ2) is 10.3. The molecule has 0 fully saturated rings. The quantitative estimate of drug-likeness (QED) is 0.464. The summed E-state index contributed by atoms with van der Waals surface area (Å²) < 4.78 is 5.72. The molecule has 2 N–H and O–H groups in total. The highest BCUT2D eigenvalue weighted by Gasteiger charge is 2.40. The Bertz CT molecular complexity index is 1330. The van der Waals surface area contributed by atoms with E-state index >= 15 is 0 Å². The summed E-state index contributed by atoms with van der Waals surface area (Å²) in [4.78, 5) is 38.6. The first-order valence-electron chi connectivity index (χ1n) is 12.5. The molecule has 3 aliphatic rings. The lowest BCUT2D eigenvalue weighted by molar-refractivity contribution is -0.118. The molecule has 0 unspecified atom stereocenters. The Morgan fingerprint density at radius 1 is 0.946 bits per heavy atom. The first-order chi connectivity index (χ1) is 17.7. The highest BCUT2D eigenvalue weighted by atomic mass is 35.5. The van der Waals surface area contributed by atoms with Crippen molar-refractivity contribution in [2.75, 3.05) is 11.9 Å². The third-order valence-electron chi connectivity index (χ3n) is 7.15. The van der Waals surface area contributed by atoms with Crippen LogP contribution in [0.2, 0.25) is 10.0 Å². The van der Waals surface area contributed by atoms with Gasteiger partial charge in [0.2, 0.25) is 0 Å². The number of dihydropyridines is 1. The number of carbonyl (C=O) groups is 3. The molecular formula is C29H28Cl2N2O4. The highest BCUT2D eigenvalue weighted by molar-refractivity contribution is 6.37. The molecule has 1 heterocycles. The number of ketones is 2. The van der Waals surface area contributed by atoms with Gasteiger partial charge in [-0.2, -0.15) is 0 Å². The summed E-state index contributed by atoms with van der Waals surface area (Å²) in [5, 5.41) is 6.68. The van der Waals surface area contributed by atoms with Crippen molar-refractivity contribution in [3.63, 3.8) is 0 Å². The minimum Gasteiger partial charge on any atom is -0.481 e. The molecule has 192 valence electrons. The van der Waals surface area contributed by atoms with E-state index in [1.165, 1.54) is 0 Å². The van der Waals surface area contributed by atoms with Gasteiger partial charge >= 0.3 is 0 Å². The van der Waals surface area contributed by atoms with Gasteiger partial charge in [0.15, 0.2) is 23.9 Å². The van der Waals surface area contributed by atoms with Gasteiger partial charge in [0.05, 0.1) is 10.0 Å². The molecule has 2 aromatic carbocycles. The number of Topliss-reactive ketones (excluding diaryl/α,β-unsaturated/α-hetero) is 2. The highest BCUT2D eigenvalue weighted by Crippen LogP contribution is 2.47. The standard InChI is InChI=1S/C29H28Cl2N2O4/c1-15-9-10-20(16(2)11-15)33-25(36)14-37-29-18(30)12-17(13-19(29)31)26-27-21(5-3-7-23(27)34)32-22-6-4-8-24(35)28(22)26/h9-13,26,32H,3-8,14H2,1-2H3,(H,33,36). The summed E-state index contributed by atoms with van der Waals surface area (Å²) in [5.41, 5.74) is 6.50. The van der Waals surface area contributed by atoms with Crippen molar-refractivity contribution >= 4 is 46.4 Å². The summed E-state index contributed by atoms with van der Waals surface area (Å²) in [5.74, 6) is -0.584. The molecule has 0 spiro atoms. The number of allylic oxidation sites excluding steroid dienone is 4. The fourth-order valence-corrected chi connectivity index (χ4v) is 6.09. The lowest BCUT2D eigenvalue weighted by Gasteiger charge is -2.37. The molecule has 1 aliphatic heterocycles. The number of halogens is 2. The maximum absolute atomic E-state index is 13.0. The Kier molecular flexibility index (Phi) is 7.15. The van der Waals surface area contributed by atoms with Crippen LogP contribution in [-0.2, 0) is 14.4 Å². The third kappa shape index (κ3) is 5.05. The molecule has 8 heteroatoms. The molecular weight excluding hydrogens is 511 g/mol. The van der Waals surface area contributed by atoms with E-state index < -0.39 is 5.92 Å². The van der Waals surface area contributed by atoms with E-state index in [0.29, 0.717) is 35.2 Å². The number of hydrogen-bond donors (Lipinski definition) is 2. The molecule has 37 heavy (non-hydrogen) atoms. The Morgan fingerprint density at radius 3 is 2.11 bits per heavy atom.